The monoisotopic (exact) mass is 438 g/mol. The van der Waals surface area contributed by atoms with E-state index in [9.17, 15) is 22.8 Å². The Morgan fingerprint density at radius 1 is 1.14 bits per heavy atom. The van der Waals surface area contributed by atoms with Gasteiger partial charge >= 0.3 is 6.18 Å². The van der Waals surface area contributed by atoms with Crippen LogP contribution in [0.4, 0.5) is 13.2 Å². The number of ketones is 1. The summed E-state index contributed by atoms with van der Waals surface area (Å²) in [7, 11) is 0. The third-order valence-electron chi connectivity index (χ3n) is 4.03. The maximum Gasteiger partial charge on any atom is 0.416 e. The number of hydrazone groups is 1. The second kappa shape index (κ2) is 8.75. The zero-order chi connectivity index (χ0) is 21.0. The highest BCUT2D eigenvalue weighted by Gasteiger charge is 2.31. The number of nitrogens with zero attached hydrogens (tertiary/aromatic N) is 1. The van der Waals surface area contributed by atoms with E-state index >= 15 is 0 Å². The first-order valence-electron chi connectivity index (χ1n) is 8.43. The number of rotatable bonds is 6. The van der Waals surface area contributed by atoms with Crippen LogP contribution in [0, 0.1) is 0 Å². The van der Waals surface area contributed by atoms with Crippen molar-refractivity contribution in [2.75, 3.05) is 0 Å². The van der Waals surface area contributed by atoms with Gasteiger partial charge in [-0.15, -0.1) is 11.3 Å². The van der Waals surface area contributed by atoms with E-state index in [4.69, 9.17) is 11.6 Å². The number of halogens is 4. The van der Waals surface area contributed by atoms with E-state index in [1.165, 1.54) is 6.21 Å². The highest BCUT2D eigenvalue weighted by atomic mass is 35.5. The average molecular weight is 439 g/mol. The molecule has 0 saturated carbocycles. The summed E-state index contributed by atoms with van der Waals surface area (Å²) in [4.78, 5) is 24.0. The lowest BCUT2D eigenvalue weighted by molar-refractivity contribution is -0.137. The molecule has 0 aliphatic rings. The second-order valence-corrected chi connectivity index (χ2v) is 7.48. The van der Waals surface area contributed by atoms with Crippen molar-refractivity contribution >= 4 is 50.9 Å². The van der Waals surface area contributed by atoms with E-state index < -0.39 is 23.4 Å². The first-order valence-corrected chi connectivity index (χ1v) is 9.69. The van der Waals surface area contributed by atoms with Crippen LogP contribution < -0.4 is 5.43 Å². The molecule has 9 heteroatoms. The number of alkyl halides is 3. The Bertz CT molecular complexity index is 1090. The van der Waals surface area contributed by atoms with Crippen molar-refractivity contribution in [1.29, 1.82) is 0 Å². The molecule has 0 saturated heterocycles. The largest absolute Gasteiger partial charge is 0.416 e. The van der Waals surface area contributed by atoms with Gasteiger partial charge in [0, 0.05) is 44.5 Å². The molecule has 3 rings (SSSR count). The molecule has 0 unspecified atom stereocenters. The lowest BCUT2D eigenvalue weighted by Gasteiger charge is -2.09. The van der Waals surface area contributed by atoms with E-state index in [-0.39, 0.29) is 23.4 Å². The Morgan fingerprint density at radius 2 is 1.90 bits per heavy atom. The molecule has 0 aliphatic carbocycles. The molecule has 1 heterocycles. The van der Waals surface area contributed by atoms with Crippen LogP contribution in [0.15, 0.2) is 52.9 Å². The third kappa shape index (κ3) is 5.42. The standard InChI is InChI=1S/C20H14ClF3N2O2S/c21-15-8-12(7-14(9-15)20(22,23)24)17(27)5-6-19(28)26-25-10-13-11-29-18-4-2-1-3-16(13)18/h1-4,7-11H,5-6H2,(H,26,28)/b25-10+. The van der Waals surface area contributed by atoms with E-state index in [1.807, 2.05) is 29.6 Å². The SMILES string of the molecule is O=C(CCC(=O)c1cc(Cl)cc(C(F)(F)F)c1)N/N=C/c1csc2ccccc12. The first kappa shape index (κ1) is 21.0. The molecule has 0 atom stereocenters. The van der Waals surface area contributed by atoms with Gasteiger partial charge in [0.2, 0.25) is 5.91 Å². The fraction of sp³-hybridized carbons (Fsp3) is 0.150. The normalized spacial score (nSPS) is 11.9. The van der Waals surface area contributed by atoms with Crippen molar-refractivity contribution in [3.05, 3.63) is 69.6 Å². The Labute approximate surface area is 173 Å². The van der Waals surface area contributed by atoms with E-state index in [2.05, 4.69) is 10.5 Å². The van der Waals surface area contributed by atoms with Crippen molar-refractivity contribution in [1.82, 2.24) is 5.43 Å². The summed E-state index contributed by atoms with van der Waals surface area (Å²) in [5.41, 5.74) is 1.97. The Morgan fingerprint density at radius 3 is 2.66 bits per heavy atom. The van der Waals surface area contributed by atoms with Gasteiger partial charge in [0.1, 0.15) is 0 Å². The van der Waals surface area contributed by atoms with Crippen LogP contribution in [0.25, 0.3) is 10.1 Å². The quantitative estimate of drug-likeness (QED) is 0.305. The van der Waals surface area contributed by atoms with Gasteiger partial charge in [-0.3, -0.25) is 9.59 Å². The molecule has 150 valence electrons. The molecule has 1 N–H and O–H groups in total. The molecule has 29 heavy (non-hydrogen) atoms. The van der Waals surface area contributed by atoms with Crippen molar-refractivity contribution in [3.63, 3.8) is 0 Å². The molecule has 0 aliphatic heterocycles. The molecular formula is C20H14ClF3N2O2S. The smallest absolute Gasteiger partial charge is 0.294 e. The Balaban J connectivity index is 1.57. The van der Waals surface area contributed by atoms with Crippen LogP contribution in [0.2, 0.25) is 5.02 Å². The highest BCUT2D eigenvalue weighted by molar-refractivity contribution is 7.17. The number of thiophene rings is 1. The summed E-state index contributed by atoms with van der Waals surface area (Å²) in [6.45, 7) is 0. The predicted molar refractivity (Wildman–Crippen MR) is 108 cm³/mol. The van der Waals surface area contributed by atoms with E-state index in [0.29, 0.717) is 0 Å². The predicted octanol–water partition coefficient (Wildman–Crippen LogP) is 5.69. The molecule has 1 aromatic heterocycles. The second-order valence-electron chi connectivity index (χ2n) is 6.13. The zero-order valence-corrected chi connectivity index (χ0v) is 16.4. The lowest BCUT2D eigenvalue weighted by atomic mass is 10.0. The van der Waals surface area contributed by atoms with Gasteiger partial charge in [-0.05, 0) is 24.3 Å². The summed E-state index contributed by atoms with van der Waals surface area (Å²) in [6.07, 6.45) is -3.59. The fourth-order valence-electron chi connectivity index (χ4n) is 2.61. The summed E-state index contributed by atoms with van der Waals surface area (Å²) in [6, 6.07) is 10.4. The van der Waals surface area contributed by atoms with Gasteiger partial charge in [0.25, 0.3) is 0 Å². The Kier molecular flexibility index (Phi) is 6.34. The highest BCUT2D eigenvalue weighted by Crippen LogP contribution is 2.32. The maximum absolute atomic E-state index is 12.8. The number of hydrogen-bond donors (Lipinski definition) is 1. The van der Waals surface area contributed by atoms with Crippen LogP contribution in [-0.4, -0.2) is 17.9 Å². The van der Waals surface area contributed by atoms with Crippen LogP contribution in [0.5, 0.6) is 0 Å². The molecule has 2 aromatic carbocycles. The summed E-state index contributed by atoms with van der Waals surface area (Å²) in [5, 5.41) is 6.59. The zero-order valence-electron chi connectivity index (χ0n) is 14.8. The maximum atomic E-state index is 12.8. The molecule has 1 amide bonds. The number of fused-ring (bicyclic) bond motifs is 1. The Hall–Kier alpha value is -2.71. The van der Waals surface area contributed by atoms with Gasteiger partial charge in [0.05, 0.1) is 11.8 Å². The third-order valence-corrected chi connectivity index (χ3v) is 5.23. The molecule has 0 radical (unpaired) electrons. The topological polar surface area (TPSA) is 58.5 Å². The average Bonchev–Trinajstić information content (AvgIpc) is 3.08. The molecule has 0 bridgehead atoms. The minimum atomic E-state index is -4.61. The van der Waals surface area contributed by atoms with Gasteiger partial charge in [-0.25, -0.2) is 5.43 Å². The van der Waals surface area contributed by atoms with Crippen LogP contribution >= 0.6 is 22.9 Å². The minimum Gasteiger partial charge on any atom is -0.294 e. The lowest BCUT2D eigenvalue weighted by Crippen LogP contribution is -2.18. The number of amides is 1. The van der Waals surface area contributed by atoms with Crippen molar-refractivity contribution in [2.45, 2.75) is 19.0 Å². The molecule has 4 nitrogen and oxygen atoms in total. The van der Waals surface area contributed by atoms with Crippen LogP contribution in [0.3, 0.4) is 0 Å². The summed E-state index contributed by atoms with van der Waals surface area (Å²) >= 11 is 7.22. The number of Topliss-reactive ketones (excluding diaryl/α,β-unsaturated/α-hetero) is 1. The number of carbonyl (C=O) groups is 2. The van der Waals surface area contributed by atoms with Crippen molar-refractivity contribution < 1.29 is 22.8 Å². The van der Waals surface area contributed by atoms with Gasteiger partial charge in [-0.2, -0.15) is 18.3 Å². The molecule has 3 aromatic rings. The van der Waals surface area contributed by atoms with Gasteiger partial charge < -0.3 is 0 Å². The number of nitrogens with one attached hydrogen (secondary N) is 1. The molecular weight excluding hydrogens is 425 g/mol. The summed E-state index contributed by atoms with van der Waals surface area (Å²) < 4.78 is 39.6. The number of hydrogen-bond acceptors (Lipinski definition) is 4. The summed E-state index contributed by atoms with van der Waals surface area (Å²) in [5.74, 6) is -1.13. The first-order chi connectivity index (χ1) is 13.7. The van der Waals surface area contributed by atoms with E-state index in [1.54, 1.807) is 11.3 Å². The van der Waals surface area contributed by atoms with Crippen LogP contribution in [-0.2, 0) is 11.0 Å². The molecule has 0 fully saturated rings. The van der Waals surface area contributed by atoms with E-state index in [0.717, 1.165) is 33.8 Å². The van der Waals surface area contributed by atoms with Gasteiger partial charge in [-0.1, -0.05) is 29.8 Å². The van der Waals surface area contributed by atoms with Crippen LogP contribution in [0.1, 0.15) is 34.3 Å². The number of carbonyl (C=O) groups excluding carboxylic acids is 2. The molecule has 0 spiro atoms. The number of benzene rings is 2. The fourth-order valence-corrected chi connectivity index (χ4v) is 3.76. The van der Waals surface area contributed by atoms with Crippen molar-refractivity contribution in [3.8, 4) is 0 Å². The van der Waals surface area contributed by atoms with Crippen molar-refractivity contribution in [2.24, 2.45) is 5.10 Å². The minimum absolute atomic E-state index is 0.189. The van der Waals surface area contributed by atoms with Gasteiger partial charge in [0.15, 0.2) is 5.78 Å².